The van der Waals surface area contributed by atoms with E-state index in [1.54, 1.807) is 0 Å². The molecular weight excluding hydrogens is 356 g/mol. The summed E-state index contributed by atoms with van der Waals surface area (Å²) in [6, 6.07) is 3.79. The summed E-state index contributed by atoms with van der Waals surface area (Å²) >= 11 is 2.91. The maximum Gasteiger partial charge on any atom is 0.232 e. The van der Waals surface area contributed by atoms with Crippen LogP contribution in [-0.4, -0.2) is 21.1 Å². The molecule has 1 amide bonds. The van der Waals surface area contributed by atoms with E-state index >= 15 is 0 Å². The molecule has 3 aromatic heterocycles. The number of amides is 1. The van der Waals surface area contributed by atoms with E-state index in [-0.39, 0.29) is 12.3 Å². The summed E-state index contributed by atoms with van der Waals surface area (Å²) in [7, 11) is 0. The SMILES string of the molecule is CCCCCc1nnc(NC(=O)Cc2csc(-c3ccc(C)o3)n2)s1. The summed E-state index contributed by atoms with van der Waals surface area (Å²) in [5.41, 5.74) is 0.722. The summed E-state index contributed by atoms with van der Waals surface area (Å²) in [5, 5.41) is 15.1. The molecule has 0 unspecified atom stereocenters. The molecule has 132 valence electrons. The Balaban J connectivity index is 1.53. The second kappa shape index (κ2) is 8.35. The average Bonchev–Trinajstić information content (AvgIpc) is 3.29. The maximum absolute atomic E-state index is 12.2. The van der Waals surface area contributed by atoms with Gasteiger partial charge in [-0.05, 0) is 25.5 Å². The number of nitrogens with one attached hydrogen (secondary N) is 1. The second-order valence-electron chi connectivity index (χ2n) is 5.74. The fourth-order valence-corrected chi connectivity index (χ4v) is 3.89. The van der Waals surface area contributed by atoms with Gasteiger partial charge < -0.3 is 9.73 Å². The number of carbonyl (C=O) groups excluding carboxylic acids is 1. The average molecular weight is 377 g/mol. The Morgan fingerprint density at radius 2 is 2.16 bits per heavy atom. The zero-order valence-electron chi connectivity index (χ0n) is 14.2. The van der Waals surface area contributed by atoms with Crippen LogP contribution >= 0.6 is 22.7 Å². The highest BCUT2D eigenvalue weighted by Gasteiger charge is 2.13. The fraction of sp³-hybridized carbons (Fsp3) is 0.412. The van der Waals surface area contributed by atoms with Gasteiger partial charge in [-0.25, -0.2) is 4.98 Å². The summed E-state index contributed by atoms with van der Waals surface area (Å²) in [4.78, 5) is 16.6. The topological polar surface area (TPSA) is 80.9 Å². The smallest absolute Gasteiger partial charge is 0.232 e. The van der Waals surface area contributed by atoms with E-state index in [1.807, 2.05) is 24.4 Å². The van der Waals surface area contributed by atoms with Crippen molar-refractivity contribution < 1.29 is 9.21 Å². The van der Waals surface area contributed by atoms with E-state index < -0.39 is 0 Å². The van der Waals surface area contributed by atoms with Gasteiger partial charge in [0.05, 0.1) is 12.1 Å². The molecule has 0 aliphatic heterocycles. The first-order valence-corrected chi connectivity index (χ1v) is 9.97. The lowest BCUT2D eigenvalue weighted by molar-refractivity contribution is -0.115. The minimum atomic E-state index is -0.135. The highest BCUT2D eigenvalue weighted by atomic mass is 32.1. The van der Waals surface area contributed by atoms with Gasteiger partial charge in [-0.3, -0.25) is 4.79 Å². The molecule has 25 heavy (non-hydrogen) atoms. The lowest BCUT2D eigenvalue weighted by atomic mass is 10.2. The minimum Gasteiger partial charge on any atom is -0.459 e. The lowest BCUT2D eigenvalue weighted by Gasteiger charge is -1.98. The molecule has 8 heteroatoms. The molecule has 0 fully saturated rings. The number of aryl methyl sites for hydroxylation is 2. The van der Waals surface area contributed by atoms with Crippen molar-refractivity contribution in [1.82, 2.24) is 15.2 Å². The third-order valence-corrected chi connectivity index (χ3v) is 5.36. The number of hydrogen-bond acceptors (Lipinski definition) is 7. The number of nitrogens with zero attached hydrogens (tertiary/aromatic N) is 3. The highest BCUT2D eigenvalue weighted by molar-refractivity contribution is 7.15. The van der Waals surface area contributed by atoms with Crippen LogP contribution in [0.15, 0.2) is 21.9 Å². The normalized spacial score (nSPS) is 11.0. The number of hydrogen-bond donors (Lipinski definition) is 1. The first-order chi connectivity index (χ1) is 12.1. The predicted octanol–water partition coefficient (Wildman–Crippen LogP) is 4.48. The zero-order chi connectivity index (χ0) is 17.6. The van der Waals surface area contributed by atoms with Crippen LogP contribution in [0, 0.1) is 6.92 Å². The van der Waals surface area contributed by atoms with Gasteiger partial charge in [0.1, 0.15) is 10.8 Å². The summed E-state index contributed by atoms with van der Waals surface area (Å²) in [5.74, 6) is 1.44. The fourth-order valence-electron chi connectivity index (χ4n) is 2.31. The van der Waals surface area contributed by atoms with Crippen LogP contribution in [0.1, 0.15) is 42.6 Å². The molecule has 0 radical (unpaired) electrons. The number of thiazole rings is 1. The molecule has 6 nitrogen and oxygen atoms in total. The Kier molecular flexibility index (Phi) is 5.93. The third-order valence-electron chi connectivity index (χ3n) is 3.55. The second-order valence-corrected chi connectivity index (χ2v) is 7.66. The van der Waals surface area contributed by atoms with Gasteiger partial charge in [0.25, 0.3) is 0 Å². The van der Waals surface area contributed by atoms with Crippen molar-refractivity contribution in [3.8, 4) is 10.8 Å². The molecule has 1 N–H and O–H groups in total. The van der Waals surface area contributed by atoms with Crippen LogP contribution in [0.5, 0.6) is 0 Å². The third kappa shape index (κ3) is 4.96. The number of unbranched alkanes of at least 4 members (excludes halogenated alkanes) is 2. The van der Waals surface area contributed by atoms with Crippen LogP contribution in [0.3, 0.4) is 0 Å². The largest absolute Gasteiger partial charge is 0.459 e. The Bertz CT molecular complexity index is 837. The Labute approximate surface area is 154 Å². The lowest BCUT2D eigenvalue weighted by Crippen LogP contribution is -2.14. The van der Waals surface area contributed by atoms with Crippen LogP contribution in [0.2, 0.25) is 0 Å². The molecular formula is C17H20N4O2S2. The summed E-state index contributed by atoms with van der Waals surface area (Å²) in [6.45, 7) is 4.06. The van der Waals surface area contributed by atoms with Crippen molar-refractivity contribution in [3.05, 3.63) is 34.0 Å². The number of anilines is 1. The standard InChI is InChI=1S/C17H20N4O2S2/c1-3-4-5-6-15-20-21-17(25-15)19-14(22)9-12-10-24-16(18-12)13-8-7-11(2)23-13/h7-8,10H,3-6,9H2,1-2H3,(H,19,21,22). The number of furan rings is 1. The van der Waals surface area contributed by atoms with Gasteiger partial charge in [-0.1, -0.05) is 31.1 Å². The molecule has 0 saturated carbocycles. The van der Waals surface area contributed by atoms with Crippen molar-refractivity contribution >= 4 is 33.7 Å². The Morgan fingerprint density at radius 1 is 1.28 bits per heavy atom. The Hall–Kier alpha value is -2.06. The highest BCUT2D eigenvalue weighted by Crippen LogP contribution is 2.26. The number of carbonyl (C=O) groups is 1. The van der Waals surface area contributed by atoms with E-state index in [4.69, 9.17) is 4.42 Å². The van der Waals surface area contributed by atoms with Gasteiger partial charge in [-0.15, -0.1) is 21.5 Å². The van der Waals surface area contributed by atoms with Gasteiger partial charge in [0.2, 0.25) is 11.0 Å². The quantitative estimate of drug-likeness (QED) is 0.586. The summed E-state index contributed by atoms with van der Waals surface area (Å²) < 4.78 is 5.56. The molecule has 0 saturated heterocycles. The molecule has 3 aromatic rings. The minimum absolute atomic E-state index is 0.135. The molecule has 0 aliphatic carbocycles. The van der Waals surface area contributed by atoms with Gasteiger partial charge in [0, 0.05) is 11.8 Å². The Morgan fingerprint density at radius 3 is 2.92 bits per heavy atom. The molecule has 3 heterocycles. The zero-order valence-corrected chi connectivity index (χ0v) is 15.9. The monoisotopic (exact) mass is 376 g/mol. The van der Waals surface area contributed by atoms with Gasteiger partial charge >= 0.3 is 0 Å². The van der Waals surface area contributed by atoms with Crippen LogP contribution in [0.4, 0.5) is 5.13 Å². The van der Waals surface area contributed by atoms with Gasteiger partial charge in [0.15, 0.2) is 10.8 Å². The predicted molar refractivity (Wildman–Crippen MR) is 100 cm³/mol. The van der Waals surface area contributed by atoms with Crippen LogP contribution in [-0.2, 0) is 17.6 Å². The van der Waals surface area contributed by atoms with Crippen molar-refractivity contribution in [1.29, 1.82) is 0 Å². The van der Waals surface area contributed by atoms with Crippen molar-refractivity contribution in [2.45, 2.75) is 46.0 Å². The maximum atomic E-state index is 12.2. The van der Waals surface area contributed by atoms with Crippen molar-refractivity contribution in [2.75, 3.05) is 5.32 Å². The van der Waals surface area contributed by atoms with E-state index in [1.165, 1.54) is 35.5 Å². The molecule has 0 atom stereocenters. The first kappa shape index (κ1) is 17.8. The van der Waals surface area contributed by atoms with Crippen LogP contribution < -0.4 is 5.32 Å². The van der Waals surface area contributed by atoms with E-state index in [2.05, 4.69) is 27.4 Å². The van der Waals surface area contributed by atoms with Crippen molar-refractivity contribution in [2.24, 2.45) is 0 Å². The van der Waals surface area contributed by atoms with Crippen LogP contribution in [0.25, 0.3) is 10.8 Å². The van der Waals surface area contributed by atoms with E-state index in [0.29, 0.717) is 5.13 Å². The first-order valence-electron chi connectivity index (χ1n) is 8.27. The van der Waals surface area contributed by atoms with E-state index in [9.17, 15) is 4.79 Å². The molecule has 3 rings (SSSR count). The van der Waals surface area contributed by atoms with Crippen molar-refractivity contribution in [3.63, 3.8) is 0 Å². The molecule has 0 spiro atoms. The molecule has 0 aromatic carbocycles. The molecule has 0 bridgehead atoms. The molecule has 0 aliphatic rings. The van der Waals surface area contributed by atoms with Gasteiger partial charge in [-0.2, -0.15) is 0 Å². The summed E-state index contributed by atoms with van der Waals surface area (Å²) in [6.07, 6.45) is 4.59. The van der Waals surface area contributed by atoms with E-state index in [0.717, 1.165) is 40.1 Å². The number of rotatable bonds is 8. The number of aromatic nitrogens is 3.